The van der Waals surface area contributed by atoms with Crippen LogP contribution in [0, 0.1) is 20.8 Å². The molecule has 4 aromatic rings. The minimum atomic E-state index is -0.301. The van der Waals surface area contributed by atoms with Crippen molar-refractivity contribution in [1.29, 1.82) is 0 Å². The Morgan fingerprint density at radius 3 is 2.66 bits per heavy atom. The van der Waals surface area contributed by atoms with E-state index in [2.05, 4.69) is 15.4 Å². The minimum Gasteiger partial charge on any atom is -0.325 e. The van der Waals surface area contributed by atoms with Crippen molar-refractivity contribution in [3.8, 4) is 5.69 Å². The van der Waals surface area contributed by atoms with E-state index in [1.807, 2.05) is 63.2 Å². The smallest absolute Gasteiger partial charge is 0.264 e. The molecule has 146 valence electrons. The molecule has 0 fully saturated rings. The van der Waals surface area contributed by atoms with E-state index in [-0.39, 0.29) is 18.0 Å². The van der Waals surface area contributed by atoms with E-state index < -0.39 is 0 Å². The molecule has 2 heterocycles. The molecule has 0 aliphatic rings. The van der Waals surface area contributed by atoms with Gasteiger partial charge in [-0.05, 0) is 61.7 Å². The molecule has 2 aromatic heterocycles. The molecule has 4 rings (SSSR count). The molecule has 0 aliphatic carbocycles. The summed E-state index contributed by atoms with van der Waals surface area (Å²) in [4.78, 5) is 29.6. The number of carbonyl (C=O) groups is 1. The zero-order valence-corrected chi connectivity index (χ0v) is 16.5. The van der Waals surface area contributed by atoms with E-state index in [0.717, 1.165) is 16.8 Å². The van der Waals surface area contributed by atoms with Gasteiger partial charge in [0.15, 0.2) is 5.65 Å². The molecule has 7 heteroatoms. The van der Waals surface area contributed by atoms with Crippen molar-refractivity contribution >= 4 is 22.6 Å². The number of aryl methyl sites for hydroxylation is 3. The van der Waals surface area contributed by atoms with E-state index in [9.17, 15) is 9.59 Å². The predicted octanol–water partition coefficient (Wildman–Crippen LogP) is 3.15. The topological polar surface area (TPSA) is 81.8 Å². The fourth-order valence-electron chi connectivity index (χ4n) is 3.19. The third-order valence-electron chi connectivity index (χ3n) is 4.91. The van der Waals surface area contributed by atoms with Crippen LogP contribution in [-0.2, 0) is 11.3 Å². The first kappa shape index (κ1) is 18.6. The number of nitrogens with zero attached hydrogens (tertiary/aromatic N) is 4. The summed E-state index contributed by atoms with van der Waals surface area (Å²) in [5.41, 5.74) is 5.05. The second-order valence-electron chi connectivity index (χ2n) is 7.16. The number of carbonyl (C=O) groups excluding carboxylic acids is 1. The molecule has 29 heavy (non-hydrogen) atoms. The third-order valence-corrected chi connectivity index (χ3v) is 4.91. The highest BCUT2D eigenvalue weighted by Crippen LogP contribution is 2.17. The fourth-order valence-corrected chi connectivity index (χ4v) is 3.19. The molecular weight excluding hydrogens is 366 g/mol. The molecule has 0 bridgehead atoms. The number of hydrogen-bond acceptors (Lipinski definition) is 4. The van der Waals surface area contributed by atoms with Crippen molar-refractivity contribution in [2.24, 2.45) is 0 Å². The number of amides is 1. The van der Waals surface area contributed by atoms with Crippen molar-refractivity contribution in [2.75, 3.05) is 5.32 Å². The van der Waals surface area contributed by atoms with Crippen LogP contribution in [0.15, 0.2) is 59.8 Å². The lowest BCUT2D eigenvalue weighted by molar-refractivity contribution is -0.116. The Bertz CT molecular complexity index is 1290. The Labute approximate surface area is 167 Å². The van der Waals surface area contributed by atoms with Gasteiger partial charge in [-0.25, -0.2) is 9.67 Å². The SMILES string of the molecule is Cc1cccc(NC(=O)Cn2cnc3c(cnn3-c3ccc(C)c(C)c3)c2=O)c1. The van der Waals surface area contributed by atoms with Crippen LogP contribution in [0.4, 0.5) is 5.69 Å². The quantitative estimate of drug-likeness (QED) is 0.583. The Hall–Kier alpha value is -3.74. The van der Waals surface area contributed by atoms with Gasteiger partial charge in [-0.2, -0.15) is 5.10 Å². The summed E-state index contributed by atoms with van der Waals surface area (Å²) >= 11 is 0. The highest BCUT2D eigenvalue weighted by atomic mass is 16.2. The number of benzene rings is 2. The van der Waals surface area contributed by atoms with Gasteiger partial charge in [0.2, 0.25) is 5.91 Å². The maximum Gasteiger partial charge on any atom is 0.264 e. The van der Waals surface area contributed by atoms with E-state index in [0.29, 0.717) is 16.7 Å². The molecule has 1 N–H and O–H groups in total. The molecule has 0 saturated carbocycles. The summed E-state index contributed by atoms with van der Waals surface area (Å²) in [6, 6.07) is 13.5. The highest BCUT2D eigenvalue weighted by molar-refractivity contribution is 5.90. The number of nitrogens with one attached hydrogen (secondary N) is 1. The van der Waals surface area contributed by atoms with Gasteiger partial charge in [-0.1, -0.05) is 18.2 Å². The van der Waals surface area contributed by atoms with E-state index in [4.69, 9.17) is 0 Å². The second-order valence-corrected chi connectivity index (χ2v) is 7.16. The number of aromatic nitrogens is 4. The Morgan fingerprint density at radius 2 is 1.90 bits per heavy atom. The van der Waals surface area contributed by atoms with Crippen LogP contribution in [-0.4, -0.2) is 25.2 Å². The van der Waals surface area contributed by atoms with Gasteiger partial charge in [0.1, 0.15) is 18.3 Å². The van der Waals surface area contributed by atoms with E-state index in [1.54, 1.807) is 4.68 Å². The molecule has 0 unspecified atom stereocenters. The molecular formula is C22H21N5O2. The molecule has 1 amide bonds. The van der Waals surface area contributed by atoms with Crippen LogP contribution >= 0.6 is 0 Å². The molecule has 7 nitrogen and oxygen atoms in total. The standard InChI is InChI=1S/C22H21N5O2/c1-14-5-4-6-17(9-14)25-20(28)12-26-13-23-21-19(22(26)29)11-24-27(21)18-8-7-15(2)16(3)10-18/h4-11,13H,12H2,1-3H3,(H,25,28). The average Bonchev–Trinajstić information content (AvgIpc) is 3.11. The van der Waals surface area contributed by atoms with Crippen LogP contribution in [0.1, 0.15) is 16.7 Å². The fraction of sp³-hybridized carbons (Fsp3) is 0.182. The lowest BCUT2D eigenvalue weighted by Crippen LogP contribution is -2.27. The van der Waals surface area contributed by atoms with Gasteiger partial charge in [-0.3, -0.25) is 14.2 Å². The van der Waals surface area contributed by atoms with Gasteiger partial charge < -0.3 is 5.32 Å². The number of anilines is 1. The summed E-state index contributed by atoms with van der Waals surface area (Å²) in [7, 11) is 0. The first-order valence-corrected chi connectivity index (χ1v) is 9.30. The highest BCUT2D eigenvalue weighted by Gasteiger charge is 2.13. The van der Waals surface area contributed by atoms with Crippen molar-refractivity contribution in [3.63, 3.8) is 0 Å². The molecule has 0 spiro atoms. The monoisotopic (exact) mass is 387 g/mol. The van der Waals surface area contributed by atoms with Crippen LogP contribution < -0.4 is 10.9 Å². The van der Waals surface area contributed by atoms with Crippen LogP contribution in [0.3, 0.4) is 0 Å². The number of hydrogen-bond donors (Lipinski definition) is 1. The number of rotatable bonds is 4. The van der Waals surface area contributed by atoms with Crippen molar-refractivity contribution < 1.29 is 4.79 Å². The zero-order chi connectivity index (χ0) is 20.5. The van der Waals surface area contributed by atoms with Crippen LogP contribution in [0.25, 0.3) is 16.7 Å². The van der Waals surface area contributed by atoms with Gasteiger partial charge in [0.05, 0.1) is 11.9 Å². The lowest BCUT2D eigenvalue weighted by Gasteiger charge is -2.09. The summed E-state index contributed by atoms with van der Waals surface area (Å²) in [6.07, 6.45) is 2.88. The molecule has 2 aromatic carbocycles. The summed E-state index contributed by atoms with van der Waals surface area (Å²) < 4.78 is 2.93. The molecule has 0 atom stereocenters. The molecule has 0 radical (unpaired) electrons. The Morgan fingerprint density at radius 1 is 1.07 bits per heavy atom. The minimum absolute atomic E-state index is 0.121. The first-order chi connectivity index (χ1) is 13.9. The Balaban J connectivity index is 1.62. The lowest BCUT2D eigenvalue weighted by atomic mass is 10.1. The molecule has 0 saturated heterocycles. The number of fused-ring (bicyclic) bond motifs is 1. The summed E-state index contributed by atoms with van der Waals surface area (Å²) in [5.74, 6) is -0.291. The van der Waals surface area contributed by atoms with Crippen LogP contribution in [0.2, 0.25) is 0 Å². The molecule has 0 aliphatic heterocycles. The largest absolute Gasteiger partial charge is 0.325 e. The maximum atomic E-state index is 12.8. The third kappa shape index (κ3) is 3.67. The zero-order valence-electron chi connectivity index (χ0n) is 16.5. The van der Waals surface area contributed by atoms with Gasteiger partial charge >= 0.3 is 0 Å². The second kappa shape index (κ2) is 7.35. The van der Waals surface area contributed by atoms with Crippen molar-refractivity contribution in [3.05, 3.63) is 82.0 Å². The van der Waals surface area contributed by atoms with E-state index in [1.165, 1.54) is 22.7 Å². The van der Waals surface area contributed by atoms with Crippen molar-refractivity contribution in [2.45, 2.75) is 27.3 Å². The maximum absolute atomic E-state index is 12.8. The van der Waals surface area contributed by atoms with E-state index >= 15 is 0 Å². The van der Waals surface area contributed by atoms with Crippen molar-refractivity contribution in [1.82, 2.24) is 19.3 Å². The first-order valence-electron chi connectivity index (χ1n) is 9.30. The van der Waals surface area contributed by atoms with Gasteiger partial charge in [0, 0.05) is 5.69 Å². The predicted molar refractivity (Wildman–Crippen MR) is 112 cm³/mol. The normalized spacial score (nSPS) is 11.0. The Kier molecular flexibility index (Phi) is 4.72. The van der Waals surface area contributed by atoms with Crippen LogP contribution in [0.5, 0.6) is 0 Å². The van der Waals surface area contributed by atoms with Gasteiger partial charge in [0.25, 0.3) is 5.56 Å². The average molecular weight is 387 g/mol. The summed E-state index contributed by atoms with van der Waals surface area (Å²) in [6.45, 7) is 5.90. The summed E-state index contributed by atoms with van der Waals surface area (Å²) in [5, 5.41) is 7.51. The van der Waals surface area contributed by atoms with Gasteiger partial charge in [-0.15, -0.1) is 0 Å².